The van der Waals surface area contributed by atoms with Gasteiger partial charge in [0.25, 0.3) is 0 Å². The molecule has 0 radical (unpaired) electrons. The van der Waals surface area contributed by atoms with E-state index in [9.17, 15) is 14.4 Å². The normalized spacial score (nSPS) is 22.7. The molecule has 1 aliphatic heterocycles. The number of benzene rings is 1. The molecule has 1 heterocycles. The number of hydrogen-bond donors (Lipinski definition) is 1. The second-order valence-corrected chi connectivity index (χ2v) is 7.61. The SMILES string of the molecule is CC[C@H](NC(=O)CCN1C(=O)[C@H]2CC=CC[C@H]2C1=O)c1ccc(C)c(C)c1. The minimum atomic E-state index is -0.232. The van der Waals surface area contributed by atoms with Gasteiger partial charge in [-0.3, -0.25) is 19.3 Å². The van der Waals surface area contributed by atoms with Crippen molar-refractivity contribution in [3.05, 3.63) is 47.0 Å². The number of fused-ring (bicyclic) bond motifs is 1. The molecule has 0 aromatic heterocycles. The van der Waals surface area contributed by atoms with E-state index in [0.717, 1.165) is 12.0 Å². The molecule has 5 heteroatoms. The van der Waals surface area contributed by atoms with Crippen molar-refractivity contribution in [2.45, 2.75) is 52.5 Å². The Hall–Kier alpha value is -2.43. The standard InChI is InChI=1S/C22H28N2O3/c1-4-19(16-10-9-14(2)15(3)13-16)23-20(25)11-12-24-21(26)17-7-5-6-8-18(17)22(24)27/h5-6,9-10,13,17-19H,4,7-8,11-12H2,1-3H3,(H,23,25)/t17-,18+,19-/m0/s1. The lowest BCUT2D eigenvalue weighted by Gasteiger charge is -2.20. The molecule has 1 fully saturated rings. The first-order valence-electron chi connectivity index (χ1n) is 9.79. The monoisotopic (exact) mass is 368 g/mol. The third-order valence-corrected chi connectivity index (χ3v) is 5.84. The smallest absolute Gasteiger partial charge is 0.233 e. The Morgan fingerprint density at radius 2 is 1.74 bits per heavy atom. The van der Waals surface area contributed by atoms with Crippen LogP contribution in [0.25, 0.3) is 0 Å². The summed E-state index contributed by atoms with van der Waals surface area (Å²) >= 11 is 0. The number of allylic oxidation sites excluding steroid dienone is 2. The highest BCUT2D eigenvalue weighted by Gasteiger charge is 2.46. The first-order valence-corrected chi connectivity index (χ1v) is 9.79. The van der Waals surface area contributed by atoms with Crippen LogP contribution < -0.4 is 5.32 Å². The Labute approximate surface area is 160 Å². The molecule has 0 unspecified atom stereocenters. The number of rotatable bonds is 6. The van der Waals surface area contributed by atoms with Gasteiger partial charge >= 0.3 is 0 Å². The predicted octanol–water partition coefficient (Wildman–Crippen LogP) is 3.21. The van der Waals surface area contributed by atoms with Crippen molar-refractivity contribution in [1.82, 2.24) is 10.2 Å². The van der Waals surface area contributed by atoms with Crippen molar-refractivity contribution >= 4 is 17.7 Å². The van der Waals surface area contributed by atoms with Crippen LogP contribution in [0, 0.1) is 25.7 Å². The molecule has 144 valence electrons. The Morgan fingerprint density at radius 1 is 1.11 bits per heavy atom. The molecule has 1 aromatic rings. The van der Waals surface area contributed by atoms with Crippen LogP contribution in [0.15, 0.2) is 30.4 Å². The minimum absolute atomic E-state index is 0.0615. The van der Waals surface area contributed by atoms with Crippen LogP contribution in [0.4, 0.5) is 0 Å². The number of hydrogen-bond acceptors (Lipinski definition) is 3. The molecular formula is C22H28N2O3. The highest BCUT2D eigenvalue weighted by molar-refractivity contribution is 6.05. The summed E-state index contributed by atoms with van der Waals surface area (Å²) < 4.78 is 0. The van der Waals surface area contributed by atoms with Crippen LogP contribution in [0.5, 0.6) is 0 Å². The van der Waals surface area contributed by atoms with Crippen LogP contribution in [0.2, 0.25) is 0 Å². The Kier molecular flexibility index (Phi) is 5.78. The molecular weight excluding hydrogens is 340 g/mol. The zero-order valence-electron chi connectivity index (χ0n) is 16.3. The van der Waals surface area contributed by atoms with Gasteiger partial charge < -0.3 is 5.32 Å². The molecule has 3 atom stereocenters. The lowest BCUT2D eigenvalue weighted by Crippen LogP contribution is -2.36. The van der Waals surface area contributed by atoms with Crippen molar-refractivity contribution < 1.29 is 14.4 Å². The lowest BCUT2D eigenvalue weighted by molar-refractivity contribution is -0.140. The van der Waals surface area contributed by atoms with Crippen LogP contribution in [-0.2, 0) is 14.4 Å². The van der Waals surface area contributed by atoms with Crippen LogP contribution in [0.3, 0.4) is 0 Å². The Balaban J connectivity index is 1.58. The number of amides is 3. The van der Waals surface area contributed by atoms with E-state index in [4.69, 9.17) is 0 Å². The molecule has 1 saturated heterocycles. The van der Waals surface area contributed by atoms with Gasteiger partial charge in [-0.25, -0.2) is 0 Å². The third-order valence-electron chi connectivity index (χ3n) is 5.84. The fourth-order valence-corrected chi connectivity index (χ4v) is 3.97. The molecule has 3 amide bonds. The summed E-state index contributed by atoms with van der Waals surface area (Å²) in [4.78, 5) is 38.7. The minimum Gasteiger partial charge on any atom is -0.349 e. The molecule has 0 spiro atoms. The van der Waals surface area contributed by atoms with E-state index in [0.29, 0.717) is 12.8 Å². The molecule has 5 nitrogen and oxygen atoms in total. The average molecular weight is 368 g/mol. The molecule has 2 aliphatic rings. The average Bonchev–Trinajstić information content (AvgIpc) is 2.91. The fourth-order valence-electron chi connectivity index (χ4n) is 3.97. The maximum Gasteiger partial charge on any atom is 0.233 e. The number of nitrogens with one attached hydrogen (secondary N) is 1. The van der Waals surface area contributed by atoms with Gasteiger partial charge in [-0.05, 0) is 49.8 Å². The van der Waals surface area contributed by atoms with Crippen LogP contribution >= 0.6 is 0 Å². The molecule has 27 heavy (non-hydrogen) atoms. The summed E-state index contributed by atoms with van der Waals surface area (Å²) in [6.07, 6.45) is 6.12. The van der Waals surface area contributed by atoms with Gasteiger partial charge in [0.2, 0.25) is 17.7 Å². The van der Waals surface area contributed by atoms with Gasteiger partial charge in [0.1, 0.15) is 0 Å². The third kappa shape index (κ3) is 3.97. The Bertz CT molecular complexity index is 758. The maximum absolute atomic E-state index is 12.5. The quantitative estimate of drug-likeness (QED) is 0.619. The van der Waals surface area contributed by atoms with Gasteiger partial charge in [-0.2, -0.15) is 0 Å². The first kappa shape index (κ1) is 19.3. The fraction of sp³-hybridized carbons (Fsp3) is 0.500. The number of imide groups is 1. The van der Waals surface area contributed by atoms with E-state index < -0.39 is 0 Å². The van der Waals surface area contributed by atoms with E-state index in [1.54, 1.807) is 0 Å². The summed E-state index contributed by atoms with van der Waals surface area (Å²) in [5, 5.41) is 3.05. The van der Waals surface area contributed by atoms with Gasteiger partial charge in [-0.1, -0.05) is 37.3 Å². The zero-order valence-corrected chi connectivity index (χ0v) is 16.3. The second kappa shape index (κ2) is 8.07. The van der Waals surface area contributed by atoms with Crippen molar-refractivity contribution in [2.24, 2.45) is 11.8 Å². The molecule has 1 N–H and O–H groups in total. The van der Waals surface area contributed by atoms with Crippen molar-refractivity contribution in [3.8, 4) is 0 Å². The largest absolute Gasteiger partial charge is 0.349 e. The Morgan fingerprint density at radius 3 is 2.30 bits per heavy atom. The van der Waals surface area contributed by atoms with Gasteiger partial charge in [0.15, 0.2) is 0 Å². The van der Waals surface area contributed by atoms with Gasteiger partial charge in [-0.15, -0.1) is 0 Å². The summed E-state index contributed by atoms with van der Waals surface area (Å²) in [6.45, 7) is 6.33. The van der Waals surface area contributed by atoms with E-state index in [1.807, 2.05) is 25.1 Å². The molecule has 1 aliphatic carbocycles. The van der Waals surface area contributed by atoms with E-state index in [2.05, 4.69) is 31.3 Å². The summed E-state index contributed by atoms with van der Waals surface area (Å²) in [6, 6.07) is 6.15. The van der Waals surface area contributed by atoms with Gasteiger partial charge in [0, 0.05) is 13.0 Å². The molecule has 0 bridgehead atoms. The zero-order chi connectivity index (χ0) is 19.6. The van der Waals surface area contributed by atoms with Crippen LogP contribution in [-0.4, -0.2) is 29.2 Å². The maximum atomic E-state index is 12.5. The summed E-state index contributed by atoms with van der Waals surface area (Å²) in [7, 11) is 0. The number of nitrogens with zero attached hydrogens (tertiary/aromatic N) is 1. The highest BCUT2D eigenvalue weighted by Crippen LogP contribution is 2.35. The number of likely N-dealkylation sites (tertiary alicyclic amines) is 1. The summed E-state index contributed by atoms with van der Waals surface area (Å²) in [5.41, 5.74) is 3.51. The number of carbonyl (C=O) groups is 3. The predicted molar refractivity (Wildman–Crippen MR) is 104 cm³/mol. The molecule has 0 saturated carbocycles. The second-order valence-electron chi connectivity index (χ2n) is 7.61. The summed E-state index contributed by atoms with van der Waals surface area (Å²) in [5.74, 6) is -0.839. The van der Waals surface area contributed by atoms with Gasteiger partial charge in [0.05, 0.1) is 17.9 Å². The lowest BCUT2D eigenvalue weighted by atomic mass is 9.85. The van der Waals surface area contributed by atoms with Crippen molar-refractivity contribution in [1.29, 1.82) is 0 Å². The van der Waals surface area contributed by atoms with E-state index in [-0.39, 0.29) is 48.6 Å². The van der Waals surface area contributed by atoms with Crippen LogP contribution in [0.1, 0.15) is 55.3 Å². The number of aryl methyl sites for hydroxylation is 2. The number of carbonyl (C=O) groups excluding carboxylic acids is 3. The topological polar surface area (TPSA) is 66.5 Å². The van der Waals surface area contributed by atoms with E-state index >= 15 is 0 Å². The molecule has 3 rings (SSSR count). The molecule has 1 aromatic carbocycles. The highest BCUT2D eigenvalue weighted by atomic mass is 16.2. The van der Waals surface area contributed by atoms with Crippen molar-refractivity contribution in [2.75, 3.05) is 6.54 Å². The van der Waals surface area contributed by atoms with E-state index in [1.165, 1.54) is 16.0 Å². The first-order chi connectivity index (χ1) is 12.9. The van der Waals surface area contributed by atoms with Crippen molar-refractivity contribution in [3.63, 3.8) is 0 Å².